The summed E-state index contributed by atoms with van der Waals surface area (Å²) in [5, 5.41) is 0. The van der Waals surface area contributed by atoms with Gasteiger partial charge in [0.1, 0.15) is 0 Å². The van der Waals surface area contributed by atoms with E-state index in [1.807, 2.05) is 6.92 Å². The zero-order valence-electron chi connectivity index (χ0n) is 12.5. The second-order valence-corrected chi connectivity index (χ2v) is 8.70. The zero-order chi connectivity index (χ0) is 14.6. The van der Waals surface area contributed by atoms with Crippen molar-refractivity contribution in [1.82, 2.24) is 4.72 Å². The smallest absolute Gasteiger partial charge is 0.212 e. The van der Waals surface area contributed by atoms with Gasteiger partial charge < -0.3 is 0 Å². The summed E-state index contributed by atoms with van der Waals surface area (Å²) < 4.78 is 27.3. The van der Waals surface area contributed by atoms with Gasteiger partial charge >= 0.3 is 0 Å². The molecule has 0 radical (unpaired) electrons. The van der Waals surface area contributed by atoms with Gasteiger partial charge in [-0.3, -0.25) is 0 Å². The molecule has 0 saturated heterocycles. The van der Waals surface area contributed by atoms with Crippen molar-refractivity contribution in [2.24, 2.45) is 23.7 Å². The van der Waals surface area contributed by atoms with Crippen LogP contribution in [0.4, 0.5) is 0 Å². The maximum absolute atomic E-state index is 12.2. The Bertz CT molecular complexity index is 370. The number of sulfonamides is 1. The van der Waals surface area contributed by atoms with E-state index < -0.39 is 10.0 Å². The van der Waals surface area contributed by atoms with Crippen LogP contribution in [0.15, 0.2) is 0 Å². The van der Waals surface area contributed by atoms with Crippen LogP contribution in [0.5, 0.6) is 0 Å². The van der Waals surface area contributed by atoms with Gasteiger partial charge in [-0.05, 0) is 36.5 Å². The number of rotatable bonds is 6. The largest absolute Gasteiger partial charge is 0.212 e. The van der Waals surface area contributed by atoms with Gasteiger partial charge in [-0.2, -0.15) is 0 Å². The molecule has 1 N–H and O–H groups in total. The first kappa shape index (κ1) is 17.3. The fourth-order valence-electron chi connectivity index (χ4n) is 3.04. The molecule has 0 aromatic rings. The highest BCUT2D eigenvalue weighted by Crippen LogP contribution is 2.33. The average molecular weight is 310 g/mol. The molecule has 5 heteroatoms. The molecule has 0 bridgehead atoms. The van der Waals surface area contributed by atoms with Gasteiger partial charge in [-0.15, -0.1) is 11.6 Å². The Hall–Kier alpha value is 0.200. The second kappa shape index (κ2) is 7.28. The second-order valence-electron chi connectivity index (χ2n) is 6.59. The van der Waals surface area contributed by atoms with E-state index in [1.165, 1.54) is 6.42 Å². The molecule has 1 rings (SSSR count). The highest BCUT2D eigenvalue weighted by Gasteiger charge is 2.33. The Kier molecular flexibility index (Phi) is 6.61. The van der Waals surface area contributed by atoms with Crippen molar-refractivity contribution in [2.45, 2.75) is 53.0 Å². The third-order valence-electron chi connectivity index (χ3n) is 4.12. The molecule has 114 valence electrons. The van der Waals surface area contributed by atoms with Crippen LogP contribution in [-0.2, 0) is 10.0 Å². The van der Waals surface area contributed by atoms with E-state index in [4.69, 9.17) is 11.6 Å². The molecule has 0 amide bonds. The molecule has 1 saturated carbocycles. The van der Waals surface area contributed by atoms with Crippen molar-refractivity contribution in [3.8, 4) is 0 Å². The van der Waals surface area contributed by atoms with E-state index in [9.17, 15) is 8.42 Å². The SMILES string of the molecule is CC1CCC(C(C)C)C(NS(=O)(=O)CC(C)CCl)C1. The average Bonchev–Trinajstić information content (AvgIpc) is 2.27. The molecular weight excluding hydrogens is 282 g/mol. The Balaban J connectivity index is 2.70. The number of hydrogen-bond donors (Lipinski definition) is 1. The summed E-state index contributed by atoms with van der Waals surface area (Å²) in [4.78, 5) is 0. The minimum Gasteiger partial charge on any atom is -0.212 e. The Morgan fingerprint density at radius 3 is 2.42 bits per heavy atom. The molecule has 0 aromatic heterocycles. The van der Waals surface area contributed by atoms with E-state index in [0.717, 1.165) is 12.8 Å². The van der Waals surface area contributed by atoms with Crippen molar-refractivity contribution in [3.05, 3.63) is 0 Å². The molecule has 0 aromatic carbocycles. The van der Waals surface area contributed by atoms with Crippen LogP contribution < -0.4 is 4.72 Å². The Morgan fingerprint density at radius 1 is 1.26 bits per heavy atom. The summed E-state index contributed by atoms with van der Waals surface area (Å²) in [5.74, 6) is 2.09. The molecule has 0 heterocycles. The third-order valence-corrected chi connectivity index (χ3v) is 6.32. The summed E-state index contributed by atoms with van der Waals surface area (Å²) in [7, 11) is -3.22. The normalized spacial score (nSPS) is 30.5. The van der Waals surface area contributed by atoms with E-state index in [1.54, 1.807) is 0 Å². The van der Waals surface area contributed by atoms with Crippen LogP contribution in [0, 0.1) is 23.7 Å². The van der Waals surface area contributed by atoms with Crippen molar-refractivity contribution < 1.29 is 8.42 Å². The van der Waals surface area contributed by atoms with Gasteiger partial charge in [-0.1, -0.05) is 34.1 Å². The fourth-order valence-corrected chi connectivity index (χ4v) is 4.97. The lowest BCUT2D eigenvalue weighted by molar-refractivity contribution is 0.187. The molecule has 19 heavy (non-hydrogen) atoms. The first-order valence-corrected chi connectivity index (χ1v) is 9.49. The number of hydrogen-bond acceptors (Lipinski definition) is 2. The van der Waals surface area contributed by atoms with Crippen LogP contribution in [-0.4, -0.2) is 26.1 Å². The van der Waals surface area contributed by atoms with E-state index in [2.05, 4.69) is 25.5 Å². The highest BCUT2D eigenvalue weighted by atomic mass is 35.5. The van der Waals surface area contributed by atoms with Gasteiger partial charge in [-0.25, -0.2) is 13.1 Å². The Labute approximate surface area is 123 Å². The molecule has 4 unspecified atom stereocenters. The summed E-state index contributed by atoms with van der Waals surface area (Å²) >= 11 is 5.71. The topological polar surface area (TPSA) is 46.2 Å². The number of alkyl halides is 1. The zero-order valence-corrected chi connectivity index (χ0v) is 14.1. The van der Waals surface area contributed by atoms with Crippen LogP contribution in [0.25, 0.3) is 0 Å². The van der Waals surface area contributed by atoms with Crippen molar-refractivity contribution in [1.29, 1.82) is 0 Å². The lowest BCUT2D eigenvalue weighted by Crippen LogP contribution is -2.46. The third kappa shape index (κ3) is 5.60. The van der Waals surface area contributed by atoms with E-state index in [-0.39, 0.29) is 17.7 Å². The van der Waals surface area contributed by atoms with Gasteiger partial charge in [0.05, 0.1) is 5.75 Å². The molecular formula is C14H28ClNO2S. The maximum Gasteiger partial charge on any atom is 0.212 e. The summed E-state index contributed by atoms with van der Waals surface area (Å²) in [6.45, 7) is 8.45. The molecule has 3 nitrogen and oxygen atoms in total. The van der Waals surface area contributed by atoms with Crippen molar-refractivity contribution in [2.75, 3.05) is 11.6 Å². The molecule has 1 aliphatic carbocycles. The molecule has 1 fully saturated rings. The number of nitrogens with one attached hydrogen (secondary N) is 1. The first-order chi connectivity index (χ1) is 8.75. The maximum atomic E-state index is 12.2. The minimum absolute atomic E-state index is 0.00215. The van der Waals surface area contributed by atoms with Crippen LogP contribution >= 0.6 is 11.6 Å². The monoisotopic (exact) mass is 309 g/mol. The Morgan fingerprint density at radius 2 is 1.89 bits per heavy atom. The van der Waals surface area contributed by atoms with Gasteiger partial charge in [0, 0.05) is 11.9 Å². The predicted molar refractivity (Wildman–Crippen MR) is 81.9 cm³/mol. The van der Waals surface area contributed by atoms with E-state index in [0.29, 0.717) is 23.6 Å². The molecule has 4 atom stereocenters. The van der Waals surface area contributed by atoms with Gasteiger partial charge in [0.2, 0.25) is 10.0 Å². The predicted octanol–water partition coefficient (Wildman–Crippen LogP) is 3.24. The highest BCUT2D eigenvalue weighted by molar-refractivity contribution is 7.89. The quantitative estimate of drug-likeness (QED) is 0.766. The fraction of sp³-hybridized carbons (Fsp3) is 1.00. The summed E-state index contributed by atoms with van der Waals surface area (Å²) in [5.41, 5.74) is 0. The molecule has 0 aliphatic heterocycles. The van der Waals surface area contributed by atoms with Crippen molar-refractivity contribution >= 4 is 21.6 Å². The first-order valence-electron chi connectivity index (χ1n) is 7.31. The van der Waals surface area contributed by atoms with Crippen LogP contribution in [0.1, 0.15) is 47.0 Å². The standard InChI is InChI=1S/C14H28ClNO2S/c1-10(2)13-6-5-11(3)7-14(13)16-19(17,18)9-12(4)8-15/h10-14,16H,5-9H2,1-4H3. The van der Waals surface area contributed by atoms with Gasteiger partial charge in [0.15, 0.2) is 0 Å². The molecule has 0 spiro atoms. The lowest BCUT2D eigenvalue weighted by Gasteiger charge is -2.37. The van der Waals surface area contributed by atoms with Gasteiger partial charge in [0.25, 0.3) is 0 Å². The minimum atomic E-state index is -3.22. The van der Waals surface area contributed by atoms with Crippen LogP contribution in [0.3, 0.4) is 0 Å². The number of halogens is 1. The summed E-state index contributed by atoms with van der Waals surface area (Å²) in [6.07, 6.45) is 3.29. The summed E-state index contributed by atoms with van der Waals surface area (Å²) in [6, 6.07) is 0.0938. The van der Waals surface area contributed by atoms with Crippen molar-refractivity contribution in [3.63, 3.8) is 0 Å². The van der Waals surface area contributed by atoms with E-state index >= 15 is 0 Å². The lowest BCUT2D eigenvalue weighted by atomic mass is 9.74. The molecule has 1 aliphatic rings. The van der Waals surface area contributed by atoms with Crippen LogP contribution in [0.2, 0.25) is 0 Å².